The molecule has 1 aromatic carbocycles. The molecule has 5 nitrogen and oxygen atoms in total. The molecule has 5 heteroatoms. The van der Waals surface area contributed by atoms with Gasteiger partial charge in [0.05, 0.1) is 12.7 Å². The van der Waals surface area contributed by atoms with Gasteiger partial charge in [-0.05, 0) is 25.0 Å². The maximum absolute atomic E-state index is 10.7. The number of hydrogen-bond donors (Lipinski definition) is 1. The molecule has 0 bridgehead atoms. The van der Waals surface area contributed by atoms with Gasteiger partial charge in [-0.2, -0.15) is 9.90 Å². The molecule has 1 aromatic heterocycles. The molecular formula is C12H13N3O2. The molecule has 1 N–H and O–H groups in total. The van der Waals surface area contributed by atoms with Gasteiger partial charge in [-0.3, -0.25) is 0 Å². The van der Waals surface area contributed by atoms with Gasteiger partial charge in [0.15, 0.2) is 5.69 Å². The van der Waals surface area contributed by atoms with E-state index in [9.17, 15) is 4.79 Å². The smallest absolute Gasteiger partial charge is 0.358 e. The molecule has 0 aliphatic rings. The molecule has 0 unspecified atom stereocenters. The molecule has 0 saturated carbocycles. The summed E-state index contributed by atoms with van der Waals surface area (Å²) in [5, 5.41) is 16.5. The second-order valence-electron chi connectivity index (χ2n) is 4.00. The predicted molar refractivity (Wildman–Crippen MR) is 62.0 cm³/mol. The second kappa shape index (κ2) is 4.37. The van der Waals surface area contributed by atoms with Gasteiger partial charge in [0.25, 0.3) is 0 Å². The van der Waals surface area contributed by atoms with Crippen LogP contribution in [-0.4, -0.2) is 26.1 Å². The maximum atomic E-state index is 10.7. The first-order valence-corrected chi connectivity index (χ1v) is 5.26. The maximum Gasteiger partial charge on any atom is 0.358 e. The number of hydrogen-bond acceptors (Lipinski definition) is 3. The Morgan fingerprint density at radius 3 is 2.76 bits per heavy atom. The van der Waals surface area contributed by atoms with Gasteiger partial charge in [0.1, 0.15) is 0 Å². The van der Waals surface area contributed by atoms with Crippen LogP contribution in [0.1, 0.15) is 27.2 Å². The Morgan fingerprint density at radius 2 is 2.18 bits per heavy atom. The molecule has 0 saturated heterocycles. The van der Waals surface area contributed by atoms with Crippen molar-refractivity contribution in [3.63, 3.8) is 0 Å². The highest BCUT2D eigenvalue weighted by molar-refractivity contribution is 5.84. The van der Waals surface area contributed by atoms with E-state index in [0.717, 1.165) is 11.1 Å². The Hall–Kier alpha value is -2.17. The minimum Gasteiger partial charge on any atom is -0.476 e. The van der Waals surface area contributed by atoms with Gasteiger partial charge in [-0.1, -0.05) is 23.8 Å². The molecular weight excluding hydrogens is 218 g/mol. The molecule has 0 radical (unpaired) electrons. The fourth-order valence-electron chi connectivity index (χ4n) is 1.65. The molecule has 2 rings (SSSR count). The summed E-state index contributed by atoms with van der Waals surface area (Å²) in [5.74, 6) is -1.06. The van der Waals surface area contributed by atoms with Crippen LogP contribution in [0, 0.1) is 13.8 Å². The summed E-state index contributed by atoms with van der Waals surface area (Å²) in [6.45, 7) is 4.54. The molecule has 0 fully saturated rings. The Morgan fingerprint density at radius 1 is 1.41 bits per heavy atom. The van der Waals surface area contributed by atoms with Crippen molar-refractivity contribution >= 4 is 5.97 Å². The van der Waals surface area contributed by atoms with Crippen molar-refractivity contribution in [3.8, 4) is 0 Å². The summed E-state index contributed by atoms with van der Waals surface area (Å²) in [7, 11) is 0. The van der Waals surface area contributed by atoms with E-state index in [1.165, 1.54) is 16.6 Å². The molecule has 0 aliphatic heterocycles. The Balaban J connectivity index is 2.22. The molecule has 0 aliphatic carbocycles. The molecule has 0 amide bonds. The highest BCUT2D eigenvalue weighted by Crippen LogP contribution is 2.11. The largest absolute Gasteiger partial charge is 0.476 e. The highest BCUT2D eigenvalue weighted by Gasteiger charge is 2.08. The molecule has 0 atom stereocenters. The third-order valence-electron chi connectivity index (χ3n) is 2.57. The number of carbonyl (C=O) groups is 1. The second-order valence-corrected chi connectivity index (χ2v) is 4.00. The molecule has 2 aromatic rings. The van der Waals surface area contributed by atoms with Crippen LogP contribution in [0.25, 0.3) is 0 Å². The Kier molecular flexibility index (Phi) is 2.91. The third-order valence-corrected chi connectivity index (χ3v) is 2.57. The zero-order valence-electron chi connectivity index (χ0n) is 9.71. The van der Waals surface area contributed by atoms with Crippen molar-refractivity contribution in [1.29, 1.82) is 0 Å². The summed E-state index contributed by atoms with van der Waals surface area (Å²) in [5.41, 5.74) is 3.41. The SMILES string of the molecule is Cc1ccc(Cn2ncc(C(=O)O)n2)c(C)c1. The molecule has 0 spiro atoms. The number of carboxylic acids is 1. The average molecular weight is 231 g/mol. The lowest BCUT2D eigenvalue weighted by atomic mass is 10.1. The van der Waals surface area contributed by atoms with E-state index in [1.807, 2.05) is 26.0 Å². The topological polar surface area (TPSA) is 68.0 Å². The van der Waals surface area contributed by atoms with Crippen LogP contribution in [0.2, 0.25) is 0 Å². The van der Waals surface area contributed by atoms with E-state index in [2.05, 4.69) is 16.3 Å². The van der Waals surface area contributed by atoms with E-state index in [1.54, 1.807) is 0 Å². The van der Waals surface area contributed by atoms with E-state index >= 15 is 0 Å². The van der Waals surface area contributed by atoms with Gasteiger partial charge in [0, 0.05) is 0 Å². The number of benzene rings is 1. The zero-order valence-corrected chi connectivity index (χ0v) is 9.71. The van der Waals surface area contributed by atoms with Gasteiger partial charge >= 0.3 is 5.97 Å². The van der Waals surface area contributed by atoms with Crippen molar-refractivity contribution in [3.05, 3.63) is 46.8 Å². The number of rotatable bonds is 3. The highest BCUT2D eigenvalue weighted by atomic mass is 16.4. The van der Waals surface area contributed by atoms with Crippen molar-refractivity contribution in [1.82, 2.24) is 15.0 Å². The Labute approximate surface area is 98.7 Å². The van der Waals surface area contributed by atoms with E-state index in [0.29, 0.717) is 6.54 Å². The fraction of sp³-hybridized carbons (Fsp3) is 0.250. The van der Waals surface area contributed by atoms with Crippen LogP contribution in [0.3, 0.4) is 0 Å². The minimum atomic E-state index is -1.06. The average Bonchev–Trinajstić information content (AvgIpc) is 2.71. The first-order valence-electron chi connectivity index (χ1n) is 5.26. The van der Waals surface area contributed by atoms with Crippen LogP contribution in [0.15, 0.2) is 24.4 Å². The summed E-state index contributed by atoms with van der Waals surface area (Å²) >= 11 is 0. The number of nitrogens with zero attached hydrogens (tertiary/aromatic N) is 3. The van der Waals surface area contributed by atoms with Crippen molar-refractivity contribution in [2.45, 2.75) is 20.4 Å². The van der Waals surface area contributed by atoms with Gasteiger partial charge in [0.2, 0.25) is 0 Å². The minimum absolute atomic E-state index is 0.0326. The standard InChI is InChI=1S/C12H13N3O2/c1-8-3-4-10(9(2)5-8)7-15-13-6-11(14-15)12(16)17/h3-6H,7H2,1-2H3,(H,16,17). The van der Waals surface area contributed by atoms with Crippen LogP contribution in [0.4, 0.5) is 0 Å². The van der Waals surface area contributed by atoms with Crippen LogP contribution >= 0.6 is 0 Å². The van der Waals surface area contributed by atoms with Crippen LogP contribution in [0.5, 0.6) is 0 Å². The number of aryl methyl sites for hydroxylation is 2. The van der Waals surface area contributed by atoms with E-state index < -0.39 is 5.97 Å². The van der Waals surface area contributed by atoms with Crippen molar-refractivity contribution in [2.24, 2.45) is 0 Å². The van der Waals surface area contributed by atoms with Gasteiger partial charge in [-0.25, -0.2) is 4.79 Å². The quantitative estimate of drug-likeness (QED) is 0.871. The Bertz CT molecular complexity index is 561. The van der Waals surface area contributed by atoms with E-state index in [-0.39, 0.29) is 5.69 Å². The molecule has 17 heavy (non-hydrogen) atoms. The number of carboxylic acid groups (broad SMARTS) is 1. The van der Waals surface area contributed by atoms with Crippen molar-refractivity contribution in [2.75, 3.05) is 0 Å². The summed E-state index contributed by atoms with van der Waals surface area (Å²) < 4.78 is 0. The summed E-state index contributed by atoms with van der Waals surface area (Å²) in [6, 6.07) is 6.11. The van der Waals surface area contributed by atoms with Gasteiger partial charge in [-0.15, -0.1) is 5.10 Å². The predicted octanol–water partition coefficient (Wildman–Crippen LogP) is 1.64. The normalized spacial score (nSPS) is 10.5. The monoisotopic (exact) mass is 231 g/mol. The fourth-order valence-corrected chi connectivity index (χ4v) is 1.65. The lowest BCUT2D eigenvalue weighted by Crippen LogP contribution is -2.07. The number of aromatic nitrogens is 3. The lowest BCUT2D eigenvalue weighted by Gasteiger charge is -2.05. The lowest BCUT2D eigenvalue weighted by molar-refractivity contribution is 0.0689. The summed E-state index contributed by atoms with van der Waals surface area (Å²) in [6.07, 6.45) is 1.26. The zero-order chi connectivity index (χ0) is 12.4. The number of aromatic carboxylic acids is 1. The van der Waals surface area contributed by atoms with Crippen LogP contribution < -0.4 is 0 Å². The summed E-state index contributed by atoms with van der Waals surface area (Å²) in [4.78, 5) is 12.1. The van der Waals surface area contributed by atoms with E-state index in [4.69, 9.17) is 5.11 Å². The van der Waals surface area contributed by atoms with Gasteiger partial charge < -0.3 is 5.11 Å². The van der Waals surface area contributed by atoms with Crippen molar-refractivity contribution < 1.29 is 9.90 Å². The molecule has 1 heterocycles. The first kappa shape index (κ1) is 11.3. The molecule has 88 valence electrons. The first-order chi connectivity index (χ1) is 8.06. The van der Waals surface area contributed by atoms with Crippen LogP contribution in [-0.2, 0) is 6.54 Å². The third kappa shape index (κ3) is 2.50.